The minimum atomic E-state index is -3.82. The third kappa shape index (κ3) is 3.07. The van der Waals surface area contributed by atoms with Crippen LogP contribution in [0.3, 0.4) is 0 Å². The predicted molar refractivity (Wildman–Crippen MR) is 76.4 cm³/mol. The molecule has 1 heterocycles. The number of halogens is 1. The minimum Gasteiger partial charge on any atom is -0.283 e. The van der Waals surface area contributed by atoms with Crippen molar-refractivity contribution in [1.29, 1.82) is 5.26 Å². The molecular formula is C14H18FN3O2S. The second-order valence-corrected chi connectivity index (χ2v) is 7.40. The average Bonchev–Trinajstić information content (AvgIpc) is 2.47. The van der Waals surface area contributed by atoms with E-state index >= 15 is 0 Å². The van der Waals surface area contributed by atoms with Crippen LogP contribution in [0.4, 0.5) is 4.39 Å². The van der Waals surface area contributed by atoms with E-state index in [9.17, 15) is 12.8 Å². The number of hydrogen-bond donors (Lipinski definition) is 0. The number of piperazine rings is 1. The summed E-state index contributed by atoms with van der Waals surface area (Å²) in [5, 5.41) is 9.11. The first kappa shape index (κ1) is 15.9. The summed E-state index contributed by atoms with van der Waals surface area (Å²) in [6, 6.07) is 7.58. The summed E-state index contributed by atoms with van der Waals surface area (Å²) >= 11 is 0. The molecule has 1 aliphatic rings. The van der Waals surface area contributed by atoms with Crippen molar-refractivity contribution in [2.24, 2.45) is 0 Å². The molecule has 0 aliphatic carbocycles. The molecule has 5 nitrogen and oxygen atoms in total. The first-order chi connectivity index (χ1) is 9.79. The van der Waals surface area contributed by atoms with E-state index in [1.165, 1.54) is 22.5 Å². The lowest BCUT2D eigenvalue weighted by Crippen LogP contribution is -2.55. The van der Waals surface area contributed by atoms with Gasteiger partial charge in [0.25, 0.3) is 0 Å². The minimum absolute atomic E-state index is 0.252. The summed E-state index contributed by atoms with van der Waals surface area (Å²) in [5.74, 6) is -0.739. The Morgan fingerprint density at radius 2 is 1.76 bits per heavy atom. The van der Waals surface area contributed by atoms with Crippen LogP contribution in [0.5, 0.6) is 0 Å². The van der Waals surface area contributed by atoms with Gasteiger partial charge in [-0.25, -0.2) is 12.8 Å². The van der Waals surface area contributed by atoms with Crippen LogP contribution in [0.2, 0.25) is 0 Å². The summed E-state index contributed by atoms with van der Waals surface area (Å²) < 4.78 is 39.8. The second kappa shape index (κ2) is 5.72. The number of hydrogen-bond acceptors (Lipinski definition) is 4. The van der Waals surface area contributed by atoms with Crippen molar-refractivity contribution in [3.05, 3.63) is 30.1 Å². The SMILES string of the molecule is CC(C)(C#N)N1CCN(S(=O)(=O)c2ccccc2F)CC1. The van der Waals surface area contributed by atoms with Gasteiger partial charge in [-0.2, -0.15) is 9.57 Å². The zero-order valence-corrected chi connectivity index (χ0v) is 12.9. The zero-order valence-electron chi connectivity index (χ0n) is 12.1. The molecule has 1 saturated heterocycles. The van der Waals surface area contributed by atoms with Crippen molar-refractivity contribution in [2.45, 2.75) is 24.3 Å². The predicted octanol–water partition coefficient (Wildman–Crippen LogP) is 1.43. The van der Waals surface area contributed by atoms with Crippen molar-refractivity contribution >= 4 is 10.0 Å². The molecule has 1 aromatic rings. The Kier molecular flexibility index (Phi) is 4.33. The molecule has 21 heavy (non-hydrogen) atoms. The maximum atomic E-state index is 13.7. The quantitative estimate of drug-likeness (QED) is 0.847. The highest BCUT2D eigenvalue weighted by Gasteiger charge is 2.35. The lowest BCUT2D eigenvalue weighted by molar-refractivity contribution is 0.115. The van der Waals surface area contributed by atoms with Gasteiger partial charge in [0.05, 0.1) is 6.07 Å². The third-order valence-electron chi connectivity index (χ3n) is 3.76. The van der Waals surface area contributed by atoms with Gasteiger partial charge in [-0.1, -0.05) is 12.1 Å². The maximum absolute atomic E-state index is 13.7. The van der Waals surface area contributed by atoms with Gasteiger partial charge >= 0.3 is 0 Å². The molecule has 1 aliphatic heterocycles. The summed E-state index contributed by atoms with van der Waals surface area (Å²) in [4.78, 5) is 1.64. The number of nitrogens with zero attached hydrogens (tertiary/aromatic N) is 3. The Morgan fingerprint density at radius 1 is 1.19 bits per heavy atom. The van der Waals surface area contributed by atoms with Crippen molar-refractivity contribution in [1.82, 2.24) is 9.21 Å². The van der Waals surface area contributed by atoms with Gasteiger partial charge in [0.1, 0.15) is 16.3 Å². The summed E-state index contributed by atoms with van der Waals surface area (Å²) in [6.07, 6.45) is 0. The van der Waals surface area contributed by atoms with Gasteiger partial charge in [0.15, 0.2) is 0 Å². The van der Waals surface area contributed by atoms with Gasteiger partial charge in [0.2, 0.25) is 10.0 Å². The maximum Gasteiger partial charge on any atom is 0.246 e. The highest BCUT2D eigenvalue weighted by molar-refractivity contribution is 7.89. The summed E-state index contributed by atoms with van der Waals surface area (Å²) in [5.41, 5.74) is -0.631. The van der Waals surface area contributed by atoms with Gasteiger partial charge in [-0.3, -0.25) is 4.90 Å². The van der Waals surface area contributed by atoms with Crippen molar-refractivity contribution < 1.29 is 12.8 Å². The van der Waals surface area contributed by atoms with E-state index in [0.29, 0.717) is 13.1 Å². The number of sulfonamides is 1. The molecule has 0 saturated carbocycles. The normalized spacial score (nSPS) is 18.4. The molecule has 0 spiro atoms. The number of benzene rings is 1. The molecule has 0 aromatic heterocycles. The Bertz CT molecular complexity index is 659. The van der Waals surface area contributed by atoms with Gasteiger partial charge in [0, 0.05) is 26.2 Å². The largest absolute Gasteiger partial charge is 0.283 e. The molecule has 1 fully saturated rings. The average molecular weight is 311 g/mol. The van der Waals surface area contributed by atoms with Crippen LogP contribution in [0.25, 0.3) is 0 Å². The van der Waals surface area contributed by atoms with Gasteiger partial charge in [-0.15, -0.1) is 0 Å². The highest BCUT2D eigenvalue weighted by Crippen LogP contribution is 2.22. The van der Waals surface area contributed by atoms with E-state index in [0.717, 1.165) is 6.07 Å². The first-order valence-corrected chi connectivity index (χ1v) is 8.14. The summed E-state index contributed by atoms with van der Waals surface area (Å²) in [6.45, 7) is 5.01. The molecule has 0 atom stereocenters. The zero-order chi connectivity index (χ0) is 15.7. The molecule has 114 valence electrons. The van der Waals surface area contributed by atoms with Crippen LogP contribution in [0.1, 0.15) is 13.8 Å². The molecule has 0 amide bonds. The molecular weight excluding hydrogens is 293 g/mol. The third-order valence-corrected chi connectivity index (χ3v) is 5.69. The fourth-order valence-electron chi connectivity index (χ4n) is 2.35. The molecule has 0 bridgehead atoms. The Labute approximate surface area is 124 Å². The summed E-state index contributed by atoms with van der Waals surface area (Å²) in [7, 11) is -3.82. The van der Waals surface area contributed by atoms with Crippen LogP contribution in [-0.2, 0) is 10.0 Å². The lowest BCUT2D eigenvalue weighted by Gasteiger charge is -2.39. The lowest BCUT2D eigenvalue weighted by atomic mass is 10.0. The van der Waals surface area contributed by atoms with Crippen LogP contribution in [0, 0.1) is 17.1 Å². The Hall–Kier alpha value is -1.49. The van der Waals surface area contributed by atoms with Crippen LogP contribution in [-0.4, -0.2) is 49.3 Å². The molecule has 1 aromatic carbocycles. The standard InChI is InChI=1S/C14H18FN3O2S/c1-14(2,11-16)17-7-9-18(10-8-17)21(19,20)13-6-4-3-5-12(13)15/h3-6H,7-10H2,1-2H3. The number of nitriles is 1. The van der Waals surface area contributed by atoms with E-state index in [-0.39, 0.29) is 18.0 Å². The molecule has 2 rings (SSSR count). The Balaban J connectivity index is 2.16. The van der Waals surface area contributed by atoms with Gasteiger partial charge < -0.3 is 0 Å². The highest BCUT2D eigenvalue weighted by atomic mass is 32.2. The first-order valence-electron chi connectivity index (χ1n) is 6.70. The molecule has 7 heteroatoms. The van der Waals surface area contributed by atoms with Crippen LogP contribution < -0.4 is 0 Å². The molecule has 0 unspecified atom stereocenters. The fourth-order valence-corrected chi connectivity index (χ4v) is 3.84. The number of rotatable bonds is 3. The van der Waals surface area contributed by atoms with Gasteiger partial charge in [-0.05, 0) is 26.0 Å². The van der Waals surface area contributed by atoms with E-state index in [2.05, 4.69) is 6.07 Å². The van der Waals surface area contributed by atoms with E-state index in [1.807, 2.05) is 4.90 Å². The second-order valence-electron chi connectivity index (χ2n) is 5.49. The topological polar surface area (TPSA) is 64.4 Å². The van der Waals surface area contributed by atoms with E-state index in [1.54, 1.807) is 13.8 Å². The van der Waals surface area contributed by atoms with E-state index in [4.69, 9.17) is 5.26 Å². The van der Waals surface area contributed by atoms with Crippen molar-refractivity contribution in [3.63, 3.8) is 0 Å². The van der Waals surface area contributed by atoms with Crippen molar-refractivity contribution in [2.75, 3.05) is 26.2 Å². The fraction of sp³-hybridized carbons (Fsp3) is 0.500. The Morgan fingerprint density at radius 3 is 2.29 bits per heavy atom. The monoisotopic (exact) mass is 311 g/mol. The molecule has 0 N–H and O–H groups in total. The molecule has 0 radical (unpaired) electrons. The van der Waals surface area contributed by atoms with Crippen LogP contribution in [0.15, 0.2) is 29.2 Å². The van der Waals surface area contributed by atoms with Crippen molar-refractivity contribution in [3.8, 4) is 6.07 Å². The van der Waals surface area contributed by atoms with Crippen LogP contribution >= 0.6 is 0 Å². The van der Waals surface area contributed by atoms with E-state index < -0.39 is 21.4 Å². The smallest absolute Gasteiger partial charge is 0.246 e.